The molecule has 0 aromatic carbocycles. The topological polar surface area (TPSA) is 187 Å². The van der Waals surface area contributed by atoms with Crippen molar-refractivity contribution in [2.75, 3.05) is 19.8 Å². The van der Waals surface area contributed by atoms with E-state index < -0.39 is 69.9 Å². The summed E-state index contributed by atoms with van der Waals surface area (Å²) in [4.78, 5) is 63.8. The summed E-state index contributed by atoms with van der Waals surface area (Å²) in [6, 6.07) is 0. The van der Waals surface area contributed by atoms with Gasteiger partial charge in [-0.1, -0.05) is 6.92 Å². The van der Waals surface area contributed by atoms with Gasteiger partial charge in [-0.3, -0.25) is 4.79 Å². The van der Waals surface area contributed by atoms with Crippen molar-refractivity contribution < 1.29 is 39.4 Å². The van der Waals surface area contributed by atoms with Crippen molar-refractivity contribution in [3.05, 3.63) is 30.3 Å². The van der Waals surface area contributed by atoms with Crippen molar-refractivity contribution >= 4 is 5.97 Å². The molecule has 0 N–H and O–H groups in total. The highest BCUT2D eigenvalue weighted by Gasteiger charge is 2.54. The second-order valence-electron chi connectivity index (χ2n) is 8.37. The summed E-state index contributed by atoms with van der Waals surface area (Å²) in [6.07, 6.45) is 0.197. The van der Waals surface area contributed by atoms with E-state index >= 15 is 0 Å². The second-order valence-corrected chi connectivity index (χ2v) is 8.37. The lowest BCUT2D eigenvalue weighted by Gasteiger charge is -2.48. The van der Waals surface area contributed by atoms with Crippen LogP contribution < -0.4 is 0 Å². The van der Waals surface area contributed by atoms with Crippen molar-refractivity contribution in [3.8, 4) is 0 Å². The van der Waals surface area contributed by atoms with Crippen molar-refractivity contribution in [1.82, 2.24) is 5.06 Å². The Balaban J connectivity index is 3.51. The minimum Gasteiger partial charge on any atom is -0.367 e. The maximum Gasteiger partial charge on any atom is 0.324 e. The number of hydrogen-bond donors (Lipinski definition) is 0. The SMILES string of the molecule is CCC(=O)ON1C(C)(C)CC(CO[N+](=O)[O-])C(CO[N+](=O)[O-])C(CO[N+](=O)[O-])C1(C)C. The average molecular weight is 452 g/mol. The number of hydrogen-bond acceptors (Lipinski definition) is 12. The molecule has 0 saturated carbocycles. The Hall–Kier alpha value is -2.97. The van der Waals surface area contributed by atoms with E-state index in [0.29, 0.717) is 0 Å². The van der Waals surface area contributed by atoms with Crippen LogP contribution in [-0.2, 0) is 24.1 Å². The van der Waals surface area contributed by atoms with Crippen LogP contribution in [0.15, 0.2) is 0 Å². The van der Waals surface area contributed by atoms with Crippen molar-refractivity contribution in [3.63, 3.8) is 0 Å². The number of rotatable bonds is 11. The summed E-state index contributed by atoms with van der Waals surface area (Å²) in [6.45, 7) is 6.84. The second kappa shape index (κ2) is 10.4. The van der Waals surface area contributed by atoms with Gasteiger partial charge in [0.1, 0.15) is 13.2 Å². The molecule has 0 aromatic rings. The minimum atomic E-state index is -1.14. The van der Waals surface area contributed by atoms with Gasteiger partial charge in [0.2, 0.25) is 0 Å². The van der Waals surface area contributed by atoms with E-state index in [1.165, 1.54) is 5.06 Å². The molecule has 31 heavy (non-hydrogen) atoms. The molecule has 1 aliphatic rings. The van der Waals surface area contributed by atoms with Gasteiger partial charge in [-0.25, -0.2) is 0 Å². The molecule has 3 unspecified atom stereocenters. The number of hydroxylamine groups is 2. The van der Waals surface area contributed by atoms with Gasteiger partial charge in [-0.2, -0.15) is 0 Å². The molecule has 0 bridgehead atoms. The fourth-order valence-electron chi connectivity index (χ4n) is 4.27. The van der Waals surface area contributed by atoms with Gasteiger partial charge in [-0.15, -0.1) is 35.4 Å². The molecular formula is C16H28N4O11. The third kappa shape index (κ3) is 7.04. The van der Waals surface area contributed by atoms with Gasteiger partial charge in [-0.05, 0) is 46.0 Å². The highest BCUT2D eigenvalue weighted by molar-refractivity contribution is 5.68. The van der Waals surface area contributed by atoms with Crippen LogP contribution in [0.4, 0.5) is 0 Å². The smallest absolute Gasteiger partial charge is 0.324 e. The molecule has 0 amide bonds. The van der Waals surface area contributed by atoms with Gasteiger partial charge in [0, 0.05) is 12.3 Å². The Morgan fingerprint density at radius 3 is 1.90 bits per heavy atom. The van der Waals surface area contributed by atoms with Crippen LogP contribution in [-0.4, -0.2) is 57.2 Å². The van der Waals surface area contributed by atoms with E-state index in [0.717, 1.165) is 0 Å². The van der Waals surface area contributed by atoms with Gasteiger partial charge < -0.3 is 19.4 Å². The molecule has 1 heterocycles. The normalized spacial score (nSPS) is 25.0. The predicted octanol–water partition coefficient (Wildman–Crippen LogP) is 1.59. The third-order valence-corrected chi connectivity index (χ3v) is 5.47. The Morgan fingerprint density at radius 2 is 1.42 bits per heavy atom. The largest absolute Gasteiger partial charge is 0.367 e. The summed E-state index contributed by atoms with van der Waals surface area (Å²) in [5, 5.41) is 30.8. The van der Waals surface area contributed by atoms with Crippen LogP contribution >= 0.6 is 0 Å². The molecule has 1 saturated heterocycles. The van der Waals surface area contributed by atoms with E-state index in [1.807, 2.05) is 0 Å². The molecule has 1 aliphatic heterocycles. The standard InChI is InChI=1S/C16H28N4O11/c1-6-14(21)31-17-15(2,3)7-11(8-28-18(22)23)12(9-29-19(24)25)13(16(17,4)5)10-30-20(26)27/h11-13H,6-10H2,1-5H3. The van der Waals surface area contributed by atoms with E-state index in [-0.39, 0.29) is 12.8 Å². The molecule has 1 rings (SSSR count). The van der Waals surface area contributed by atoms with Crippen LogP contribution in [0.1, 0.15) is 47.5 Å². The van der Waals surface area contributed by atoms with E-state index in [4.69, 9.17) is 4.84 Å². The lowest BCUT2D eigenvalue weighted by atomic mass is 9.73. The molecule has 0 aromatic heterocycles. The van der Waals surface area contributed by atoms with Crippen LogP contribution in [0.3, 0.4) is 0 Å². The molecule has 3 atom stereocenters. The Morgan fingerprint density at radius 1 is 0.935 bits per heavy atom. The number of nitrogens with zero attached hydrogens (tertiary/aromatic N) is 4. The summed E-state index contributed by atoms with van der Waals surface area (Å²) < 4.78 is 0. The highest BCUT2D eigenvalue weighted by Crippen LogP contribution is 2.46. The van der Waals surface area contributed by atoms with Crippen molar-refractivity contribution in [1.29, 1.82) is 0 Å². The first kappa shape index (κ1) is 26.1. The zero-order valence-electron chi connectivity index (χ0n) is 18.0. The summed E-state index contributed by atoms with van der Waals surface area (Å²) in [5.74, 6) is -2.99. The van der Waals surface area contributed by atoms with Crippen LogP contribution in [0.2, 0.25) is 0 Å². The van der Waals surface area contributed by atoms with Gasteiger partial charge in [0.25, 0.3) is 15.3 Å². The fourth-order valence-corrected chi connectivity index (χ4v) is 4.27. The first-order chi connectivity index (χ1) is 14.2. The lowest BCUT2D eigenvalue weighted by molar-refractivity contribution is -0.766. The Labute approximate surface area is 177 Å². The zero-order valence-corrected chi connectivity index (χ0v) is 18.0. The Kier molecular flexibility index (Phi) is 8.72. The zero-order chi connectivity index (χ0) is 24.0. The quantitative estimate of drug-likeness (QED) is 0.326. The monoisotopic (exact) mass is 452 g/mol. The van der Waals surface area contributed by atoms with Crippen molar-refractivity contribution in [2.45, 2.75) is 58.5 Å². The van der Waals surface area contributed by atoms with Crippen LogP contribution in [0, 0.1) is 48.1 Å². The summed E-state index contributed by atoms with van der Waals surface area (Å²) in [7, 11) is 0. The predicted molar refractivity (Wildman–Crippen MR) is 100 cm³/mol. The fraction of sp³-hybridized carbons (Fsp3) is 0.938. The summed E-state index contributed by atoms with van der Waals surface area (Å²) in [5.41, 5.74) is -2.06. The molecule has 0 spiro atoms. The van der Waals surface area contributed by atoms with Crippen molar-refractivity contribution in [2.24, 2.45) is 17.8 Å². The van der Waals surface area contributed by atoms with E-state index in [2.05, 4.69) is 14.5 Å². The minimum absolute atomic E-state index is 0.0560. The maximum atomic E-state index is 12.1. The highest BCUT2D eigenvalue weighted by atomic mass is 17.0. The molecule has 178 valence electrons. The first-order valence-corrected chi connectivity index (χ1v) is 9.55. The lowest BCUT2D eigenvalue weighted by Crippen LogP contribution is -2.59. The molecule has 1 fully saturated rings. The number of carbonyl (C=O) groups is 1. The summed E-state index contributed by atoms with van der Waals surface area (Å²) >= 11 is 0. The molecule has 15 heteroatoms. The Bertz CT molecular complexity index is 684. The van der Waals surface area contributed by atoms with Crippen LogP contribution in [0.5, 0.6) is 0 Å². The molecule has 15 nitrogen and oxygen atoms in total. The molecular weight excluding hydrogens is 424 g/mol. The van der Waals surface area contributed by atoms with Gasteiger partial charge >= 0.3 is 5.97 Å². The molecule has 0 aliphatic carbocycles. The van der Waals surface area contributed by atoms with Gasteiger partial charge in [0.15, 0.2) is 0 Å². The maximum absolute atomic E-state index is 12.1. The number of carbonyl (C=O) groups excluding carboxylic acids is 1. The third-order valence-electron chi connectivity index (χ3n) is 5.47. The molecule has 0 radical (unpaired) electrons. The van der Waals surface area contributed by atoms with Crippen LogP contribution in [0.25, 0.3) is 0 Å². The average Bonchev–Trinajstić information content (AvgIpc) is 2.69. The first-order valence-electron chi connectivity index (χ1n) is 9.55. The van der Waals surface area contributed by atoms with Gasteiger partial charge in [0.05, 0.1) is 17.7 Å². The van der Waals surface area contributed by atoms with E-state index in [9.17, 15) is 35.1 Å². The van der Waals surface area contributed by atoms with E-state index in [1.54, 1.807) is 34.6 Å².